The highest BCUT2D eigenvalue weighted by Crippen LogP contribution is 2.02. The molecule has 0 fully saturated rings. The summed E-state index contributed by atoms with van der Waals surface area (Å²) in [6.07, 6.45) is 0. The molecular weight excluding hydrogens is 188 g/mol. The summed E-state index contributed by atoms with van der Waals surface area (Å²) < 4.78 is 9.04. The summed E-state index contributed by atoms with van der Waals surface area (Å²) in [5.74, 6) is -3.65. The summed E-state index contributed by atoms with van der Waals surface area (Å²) in [5, 5.41) is 0. The second-order valence-electron chi connectivity index (χ2n) is 2.56. The van der Waals surface area contributed by atoms with E-state index >= 15 is 0 Å². The summed E-state index contributed by atoms with van der Waals surface area (Å²) in [5.41, 5.74) is 0. The molecule has 0 spiro atoms. The average molecular weight is 202 g/mol. The lowest BCUT2D eigenvalue weighted by atomic mass is 10.1. The van der Waals surface area contributed by atoms with Crippen LogP contribution in [0.25, 0.3) is 0 Å². The van der Waals surface area contributed by atoms with Crippen molar-refractivity contribution in [3.8, 4) is 0 Å². The number of esters is 2. The van der Waals surface area contributed by atoms with Crippen LogP contribution in [0.1, 0.15) is 20.8 Å². The van der Waals surface area contributed by atoms with Crippen molar-refractivity contribution in [1.29, 1.82) is 0 Å². The first-order chi connectivity index (χ1) is 6.54. The molecule has 5 nitrogen and oxygen atoms in total. The van der Waals surface area contributed by atoms with Crippen molar-refractivity contribution in [2.75, 3.05) is 13.2 Å². The minimum atomic E-state index is -1.09. The molecule has 5 heteroatoms. The van der Waals surface area contributed by atoms with Crippen molar-refractivity contribution < 1.29 is 23.9 Å². The van der Waals surface area contributed by atoms with E-state index in [0.717, 1.165) is 0 Å². The zero-order valence-electron chi connectivity index (χ0n) is 8.53. The Bertz CT molecular complexity index is 233. The first kappa shape index (κ1) is 12.6. The van der Waals surface area contributed by atoms with Crippen molar-refractivity contribution >= 4 is 17.7 Å². The van der Waals surface area contributed by atoms with Crippen LogP contribution in [0.15, 0.2) is 0 Å². The molecule has 0 radical (unpaired) electrons. The molecule has 0 aliphatic heterocycles. The summed E-state index contributed by atoms with van der Waals surface area (Å²) in [7, 11) is 0. The van der Waals surface area contributed by atoms with Gasteiger partial charge in [-0.05, 0) is 20.8 Å². The van der Waals surface area contributed by atoms with Gasteiger partial charge in [0.1, 0.15) is 5.92 Å². The van der Waals surface area contributed by atoms with Crippen LogP contribution in [0, 0.1) is 5.92 Å². The highest BCUT2D eigenvalue weighted by molar-refractivity contribution is 6.37. The third-order valence-corrected chi connectivity index (χ3v) is 1.51. The Morgan fingerprint density at radius 3 is 2.00 bits per heavy atom. The Balaban J connectivity index is 4.24. The van der Waals surface area contributed by atoms with Gasteiger partial charge >= 0.3 is 11.9 Å². The molecule has 0 amide bonds. The molecule has 1 atom stereocenters. The fourth-order valence-electron chi connectivity index (χ4n) is 0.753. The number of carbonyl (C=O) groups is 3. The lowest BCUT2D eigenvalue weighted by Crippen LogP contribution is -2.30. The number of Topliss-reactive ketones (excluding diaryl/α,β-unsaturated/α-hetero) is 1. The molecule has 0 aromatic carbocycles. The van der Waals surface area contributed by atoms with E-state index in [0.29, 0.717) is 0 Å². The molecule has 14 heavy (non-hydrogen) atoms. The van der Waals surface area contributed by atoms with E-state index < -0.39 is 23.6 Å². The molecule has 0 saturated carbocycles. The van der Waals surface area contributed by atoms with Gasteiger partial charge in [-0.3, -0.25) is 9.59 Å². The van der Waals surface area contributed by atoms with Crippen molar-refractivity contribution in [2.24, 2.45) is 5.92 Å². The SMILES string of the molecule is CCOC(=O)C(=O)[C@H](C)C(=O)OCC. The fraction of sp³-hybridized carbons (Fsp3) is 0.667. The van der Waals surface area contributed by atoms with Crippen LogP contribution in [0.5, 0.6) is 0 Å². The number of hydrogen-bond donors (Lipinski definition) is 0. The second-order valence-corrected chi connectivity index (χ2v) is 2.56. The summed E-state index contributed by atoms with van der Waals surface area (Å²) >= 11 is 0. The summed E-state index contributed by atoms with van der Waals surface area (Å²) in [4.78, 5) is 33.1. The van der Waals surface area contributed by atoms with E-state index in [-0.39, 0.29) is 13.2 Å². The lowest BCUT2D eigenvalue weighted by molar-refractivity contribution is -0.161. The van der Waals surface area contributed by atoms with Crippen LogP contribution in [-0.4, -0.2) is 30.9 Å². The van der Waals surface area contributed by atoms with Crippen LogP contribution in [0.2, 0.25) is 0 Å². The zero-order chi connectivity index (χ0) is 11.1. The molecule has 0 aliphatic rings. The van der Waals surface area contributed by atoms with Gasteiger partial charge in [0, 0.05) is 0 Å². The van der Waals surface area contributed by atoms with Gasteiger partial charge in [-0.15, -0.1) is 0 Å². The van der Waals surface area contributed by atoms with E-state index in [9.17, 15) is 14.4 Å². The predicted octanol–water partition coefficient (Wildman–Crippen LogP) is 0.318. The van der Waals surface area contributed by atoms with Gasteiger partial charge < -0.3 is 9.47 Å². The van der Waals surface area contributed by atoms with Crippen molar-refractivity contribution in [3.63, 3.8) is 0 Å². The van der Waals surface area contributed by atoms with Crippen LogP contribution >= 0.6 is 0 Å². The van der Waals surface area contributed by atoms with Crippen LogP contribution < -0.4 is 0 Å². The molecule has 80 valence electrons. The van der Waals surface area contributed by atoms with E-state index in [1.54, 1.807) is 13.8 Å². The largest absolute Gasteiger partial charge is 0.465 e. The zero-order valence-corrected chi connectivity index (χ0v) is 8.53. The number of ether oxygens (including phenoxy) is 2. The molecule has 0 rings (SSSR count). The molecule has 0 aliphatic carbocycles. The van der Waals surface area contributed by atoms with Crippen molar-refractivity contribution in [3.05, 3.63) is 0 Å². The van der Waals surface area contributed by atoms with E-state index in [2.05, 4.69) is 9.47 Å². The monoisotopic (exact) mass is 202 g/mol. The summed E-state index contributed by atoms with van der Waals surface area (Å²) in [6.45, 7) is 4.82. The molecular formula is C9H14O5. The Kier molecular flexibility index (Phi) is 5.52. The predicted molar refractivity (Wildman–Crippen MR) is 47.4 cm³/mol. The topological polar surface area (TPSA) is 69.7 Å². The van der Waals surface area contributed by atoms with Gasteiger partial charge in [-0.2, -0.15) is 0 Å². The molecule has 0 saturated heterocycles. The fourth-order valence-corrected chi connectivity index (χ4v) is 0.753. The summed E-state index contributed by atoms with van der Waals surface area (Å²) in [6, 6.07) is 0. The Labute approximate surface area is 82.4 Å². The molecule has 0 bridgehead atoms. The number of rotatable bonds is 5. The van der Waals surface area contributed by atoms with E-state index in [1.807, 2.05) is 0 Å². The maximum atomic E-state index is 11.2. The van der Waals surface area contributed by atoms with Gasteiger partial charge in [0.15, 0.2) is 0 Å². The Morgan fingerprint density at radius 2 is 1.57 bits per heavy atom. The van der Waals surface area contributed by atoms with Crippen LogP contribution in [0.4, 0.5) is 0 Å². The van der Waals surface area contributed by atoms with Crippen LogP contribution in [-0.2, 0) is 23.9 Å². The van der Waals surface area contributed by atoms with Gasteiger partial charge in [-0.1, -0.05) is 0 Å². The number of carbonyl (C=O) groups excluding carboxylic acids is 3. The highest BCUT2D eigenvalue weighted by Gasteiger charge is 2.29. The first-order valence-electron chi connectivity index (χ1n) is 4.42. The van der Waals surface area contributed by atoms with Crippen molar-refractivity contribution in [2.45, 2.75) is 20.8 Å². The maximum absolute atomic E-state index is 11.2. The second kappa shape index (κ2) is 6.12. The minimum Gasteiger partial charge on any atom is -0.465 e. The first-order valence-corrected chi connectivity index (χ1v) is 4.42. The van der Waals surface area contributed by atoms with Gasteiger partial charge in [0.2, 0.25) is 0 Å². The Morgan fingerprint density at radius 1 is 1.07 bits per heavy atom. The molecule has 0 N–H and O–H groups in total. The highest BCUT2D eigenvalue weighted by atomic mass is 16.5. The third kappa shape index (κ3) is 3.55. The molecule has 0 heterocycles. The minimum absolute atomic E-state index is 0.111. The number of hydrogen-bond acceptors (Lipinski definition) is 5. The quantitative estimate of drug-likeness (QED) is 0.364. The molecule has 0 aromatic rings. The lowest BCUT2D eigenvalue weighted by Gasteiger charge is -2.07. The Hall–Kier alpha value is -1.39. The van der Waals surface area contributed by atoms with Gasteiger partial charge in [-0.25, -0.2) is 4.79 Å². The van der Waals surface area contributed by atoms with Gasteiger partial charge in [0.25, 0.3) is 5.78 Å². The van der Waals surface area contributed by atoms with E-state index in [4.69, 9.17) is 0 Å². The standard InChI is InChI=1S/C9H14O5/c1-4-13-8(11)6(3)7(10)9(12)14-5-2/h6H,4-5H2,1-3H3/t6-/m0/s1. The molecule has 0 aromatic heterocycles. The third-order valence-electron chi connectivity index (χ3n) is 1.51. The normalized spacial score (nSPS) is 11.6. The maximum Gasteiger partial charge on any atom is 0.375 e. The van der Waals surface area contributed by atoms with Gasteiger partial charge in [0.05, 0.1) is 13.2 Å². The molecule has 0 unspecified atom stereocenters. The number of ketones is 1. The smallest absolute Gasteiger partial charge is 0.375 e. The average Bonchev–Trinajstić information content (AvgIpc) is 2.16. The van der Waals surface area contributed by atoms with Crippen LogP contribution in [0.3, 0.4) is 0 Å². The van der Waals surface area contributed by atoms with E-state index in [1.165, 1.54) is 6.92 Å². The van der Waals surface area contributed by atoms with Crippen molar-refractivity contribution in [1.82, 2.24) is 0 Å².